The fraction of sp³-hybridized carbons (Fsp3) is 0.231. The predicted octanol–water partition coefficient (Wildman–Crippen LogP) is 2.61. The Balaban J connectivity index is 2.01. The average Bonchev–Trinajstić information content (AvgIpc) is 2.77. The van der Waals surface area contributed by atoms with Crippen LogP contribution in [-0.2, 0) is 0 Å². The molecule has 0 saturated heterocycles. The lowest BCUT2D eigenvalue weighted by Crippen LogP contribution is -2.39. The molecule has 2 aromatic rings. The van der Waals surface area contributed by atoms with Crippen molar-refractivity contribution in [2.45, 2.75) is 20.0 Å². The smallest absolute Gasteiger partial charge is 0.255 e. The number of para-hydroxylation sites is 1. The Hall–Kier alpha value is -1.88. The van der Waals surface area contributed by atoms with Gasteiger partial charge in [0.05, 0.1) is 22.0 Å². The summed E-state index contributed by atoms with van der Waals surface area (Å²) in [6.45, 7) is 3.95. The molecule has 0 unspecified atom stereocenters. The number of carbonyl (C=O) groups excluding carboxylic acids is 1. The van der Waals surface area contributed by atoms with E-state index in [-0.39, 0.29) is 12.1 Å². The standard InChI is InChI=1S/C13H13N3OS/c1-7-4-3-5-9-11(7)15-12(16-13(9)17)10-6-18-8(2)14-10/h3-6,12,15H,1-2H3,(H,16,17)/t12-/m0/s1. The molecule has 1 aromatic heterocycles. The van der Waals surface area contributed by atoms with Crippen LogP contribution in [-0.4, -0.2) is 10.9 Å². The Bertz CT molecular complexity index is 620. The first-order chi connectivity index (χ1) is 8.65. The fourth-order valence-corrected chi connectivity index (χ4v) is 2.74. The lowest BCUT2D eigenvalue weighted by atomic mass is 10.0. The van der Waals surface area contributed by atoms with E-state index in [1.165, 1.54) is 0 Å². The first kappa shape index (κ1) is 11.2. The minimum atomic E-state index is -0.240. The first-order valence-electron chi connectivity index (χ1n) is 5.74. The van der Waals surface area contributed by atoms with Crippen LogP contribution in [0.3, 0.4) is 0 Å². The second-order valence-corrected chi connectivity index (χ2v) is 5.40. The second kappa shape index (κ2) is 4.10. The molecule has 1 aliphatic heterocycles. The van der Waals surface area contributed by atoms with Crippen LogP contribution < -0.4 is 10.6 Å². The van der Waals surface area contributed by atoms with Crippen molar-refractivity contribution in [1.29, 1.82) is 0 Å². The molecule has 0 fully saturated rings. The second-order valence-electron chi connectivity index (χ2n) is 4.34. The molecule has 3 rings (SSSR count). The Morgan fingerprint density at radius 3 is 2.83 bits per heavy atom. The van der Waals surface area contributed by atoms with Gasteiger partial charge in [-0.05, 0) is 25.5 Å². The Morgan fingerprint density at radius 2 is 2.11 bits per heavy atom. The summed E-state index contributed by atoms with van der Waals surface area (Å²) in [5.41, 5.74) is 3.52. The number of rotatable bonds is 1. The molecule has 2 heterocycles. The molecule has 92 valence electrons. The number of hydrogen-bond donors (Lipinski definition) is 2. The van der Waals surface area contributed by atoms with E-state index >= 15 is 0 Å². The van der Waals surface area contributed by atoms with Crippen LogP contribution in [0.2, 0.25) is 0 Å². The van der Waals surface area contributed by atoms with Crippen LogP contribution in [0.1, 0.15) is 32.8 Å². The number of hydrogen-bond acceptors (Lipinski definition) is 4. The predicted molar refractivity (Wildman–Crippen MR) is 71.9 cm³/mol. The van der Waals surface area contributed by atoms with Gasteiger partial charge < -0.3 is 10.6 Å². The molecule has 0 spiro atoms. The van der Waals surface area contributed by atoms with Gasteiger partial charge in [0.1, 0.15) is 6.17 Å². The molecule has 0 aliphatic carbocycles. The molecule has 4 nitrogen and oxygen atoms in total. The maximum atomic E-state index is 12.1. The Kier molecular flexibility index (Phi) is 2.56. The third-order valence-electron chi connectivity index (χ3n) is 3.01. The largest absolute Gasteiger partial charge is 0.359 e. The minimum Gasteiger partial charge on any atom is -0.359 e. The van der Waals surface area contributed by atoms with Crippen molar-refractivity contribution in [2.75, 3.05) is 5.32 Å². The van der Waals surface area contributed by atoms with Gasteiger partial charge in [-0.25, -0.2) is 4.98 Å². The number of fused-ring (bicyclic) bond motifs is 1. The zero-order valence-corrected chi connectivity index (χ0v) is 11.0. The summed E-state index contributed by atoms with van der Waals surface area (Å²) in [7, 11) is 0. The summed E-state index contributed by atoms with van der Waals surface area (Å²) >= 11 is 1.58. The maximum Gasteiger partial charge on any atom is 0.255 e. The quantitative estimate of drug-likeness (QED) is 0.827. The van der Waals surface area contributed by atoms with Gasteiger partial charge in [-0.3, -0.25) is 4.79 Å². The number of aryl methyl sites for hydroxylation is 2. The third-order valence-corrected chi connectivity index (χ3v) is 3.81. The summed E-state index contributed by atoms with van der Waals surface area (Å²) in [5, 5.41) is 9.23. The van der Waals surface area contributed by atoms with Gasteiger partial charge in [-0.2, -0.15) is 0 Å². The summed E-state index contributed by atoms with van der Waals surface area (Å²) < 4.78 is 0. The van der Waals surface area contributed by atoms with Crippen molar-refractivity contribution in [3.05, 3.63) is 45.4 Å². The van der Waals surface area contributed by atoms with Gasteiger partial charge in [-0.1, -0.05) is 12.1 Å². The highest BCUT2D eigenvalue weighted by Gasteiger charge is 2.26. The molecule has 0 saturated carbocycles. The summed E-state index contributed by atoms with van der Waals surface area (Å²) in [6.07, 6.45) is -0.240. The van der Waals surface area contributed by atoms with E-state index in [9.17, 15) is 4.79 Å². The number of carbonyl (C=O) groups is 1. The topological polar surface area (TPSA) is 54.0 Å². The number of thiazole rings is 1. The average molecular weight is 259 g/mol. The Labute approximate surface area is 109 Å². The molecule has 1 atom stereocenters. The number of anilines is 1. The van der Waals surface area contributed by atoms with Gasteiger partial charge in [-0.15, -0.1) is 11.3 Å². The number of nitrogens with zero attached hydrogens (tertiary/aromatic N) is 1. The van der Waals surface area contributed by atoms with E-state index in [1.807, 2.05) is 37.4 Å². The summed E-state index contributed by atoms with van der Waals surface area (Å²) in [5.74, 6) is -0.0527. The van der Waals surface area contributed by atoms with E-state index < -0.39 is 0 Å². The van der Waals surface area contributed by atoms with Crippen molar-refractivity contribution in [3.63, 3.8) is 0 Å². The molecule has 1 amide bonds. The molecule has 5 heteroatoms. The molecule has 0 bridgehead atoms. The van der Waals surface area contributed by atoms with E-state index in [4.69, 9.17) is 0 Å². The number of amides is 1. The summed E-state index contributed by atoms with van der Waals surface area (Å²) in [6, 6.07) is 5.71. The molecular weight excluding hydrogens is 246 g/mol. The van der Waals surface area contributed by atoms with E-state index in [1.54, 1.807) is 11.3 Å². The van der Waals surface area contributed by atoms with Gasteiger partial charge in [0.25, 0.3) is 5.91 Å². The van der Waals surface area contributed by atoms with Crippen molar-refractivity contribution < 1.29 is 4.79 Å². The van der Waals surface area contributed by atoms with Crippen LogP contribution in [0, 0.1) is 13.8 Å². The van der Waals surface area contributed by atoms with Crippen molar-refractivity contribution >= 4 is 22.9 Å². The van der Waals surface area contributed by atoms with Crippen LogP contribution in [0.15, 0.2) is 23.6 Å². The van der Waals surface area contributed by atoms with E-state index in [0.29, 0.717) is 5.56 Å². The van der Waals surface area contributed by atoms with Crippen molar-refractivity contribution in [2.24, 2.45) is 0 Å². The number of nitrogens with one attached hydrogen (secondary N) is 2. The Morgan fingerprint density at radius 1 is 1.28 bits per heavy atom. The molecular formula is C13H13N3OS. The van der Waals surface area contributed by atoms with Gasteiger partial charge in [0, 0.05) is 5.38 Å². The van der Waals surface area contributed by atoms with E-state index in [0.717, 1.165) is 22.0 Å². The van der Waals surface area contributed by atoms with Crippen LogP contribution in [0.25, 0.3) is 0 Å². The monoisotopic (exact) mass is 259 g/mol. The third kappa shape index (κ3) is 1.76. The van der Waals surface area contributed by atoms with Gasteiger partial charge in [0.15, 0.2) is 0 Å². The van der Waals surface area contributed by atoms with Crippen molar-refractivity contribution in [3.8, 4) is 0 Å². The zero-order valence-electron chi connectivity index (χ0n) is 10.2. The minimum absolute atomic E-state index is 0.0527. The van der Waals surface area contributed by atoms with Crippen LogP contribution in [0.4, 0.5) is 5.69 Å². The van der Waals surface area contributed by atoms with Gasteiger partial charge >= 0.3 is 0 Å². The number of benzene rings is 1. The highest BCUT2D eigenvalue weighted by molar-refractivity contribution is 7.09. The number of aromatic nitrogens is 1. The van der Waals surface area contributed by atoms with E-state index in [2.05, 4.69) is 15.6 Å². The highest BCUT2D eigenvalue weighted by atomic mass is 32.1. The normalized spacial score (nSPS) is 17.9. The lowest BCUT2D eigenvalue weighted by Gasteiger charge is -2.27. The highest BCUT2D eigenvalue weighted by Crippen LogP contribution is 2.29. The zero-order chi connectivity index (χ0) is 12.7. The SMILES string of the molecule is Cc1nc([C@@H]2NC(=O)c3cccc(C)c3N2)cs1. The van der Waals surface area contributed by atoms with Crippen molar-refractivity contribution in [1.82, 2.24) is 10.3 Å². The summed E-state index contributed by atoms with van der Waals surface area (Å²) in [4.78, 5) is 16.5. The molecule has 1 aliphatic rings. The van der Waals surface area contributed by atoms with Crippen LogP contribution >= 0.6 is 11.3 Å². The van der Waals surface area contributed by atoms with Gasteiger partial charge in [0.2, 0.25) is 0 Å². The first-order valence-corrected chi connectivity index (χ1v) is 6.62. The molecule has 18 heavy (non-hydrogen) atoms. The lowest BCUT2D eigenvalue weighted by molar-refractivity contribution is 0.0935. The molecule has 0 radical (unpaired) electrons. The molecule has 2 N–H and O–H groups in total. The fourth-order valence-electron chi connectivity index (χ4n) is 2.10. The van der Waals surface area contributed by atoms with Crippen LogP contribution in [0.5, 0.6) is 0 Å². The molecule has 1 aromatic carbocycles. The maximum absolute atomic E-state index is 12.1.